The van der Waals surface area contributed by atoms with Crippen LogP contribution in [-0.4, -0.2) is 34.0 Å². The lowest BCUT2D eigenvalue weighted by molar-refractivity contribution is -0.135. The van der Waals surface area contributed by atoms with Gasteiger partial charge in [0.05, 0.1) is 6.04 Å². The quantitative estimate of drug-likeness (QED) is 0.917. The standard InChI is InChI=1S/C13H22N4O2.ClH/c1-8(2)12-15-11(16-19-12)10-5-4-6-17(10)13(18)9(3)7-14;/h8-10H,4-7,14H2,1-3H3;1H. The smallest absolute Gasteiger partial charge is 0.229 e. The van der Waals surface area contributed by atoms with Crippen LogP contribution in [0.4, 0.5) is 0 Å². The number of rotatable bonds is 4. The van der Waals surface area contributed by atoms with E-state index in [0.717, 1.165) is 19.4 Å². The molecule has 0 aromatic carbocycles. The highest BCUT2D eigenvalue weighted by atomic mass is 35.5. The van der Waals surface area contributed by atoms with Gasteiger partial charge in [-0.05, 0) is 12.8 Å². The molecule has 0 aliphatic carbocycles. The maximum Gasteiger partial charge on any atom is 0.229 e. The predicted octanol–water partition coefficient (Wildman–Crippen LogP) is 1.87. The number of amides is 1. The van der Waals surface area contributed by atoms with Crippen LogP contribution in [-0.2, 0) is 4.79 Å². The van der Waals surface area contributed by atoms with Crippen molar-refractivity contribution in [3.8, 4) is 0 Å². The van der Waals surface area contributed by atoms with E-state index in [9.17, 15) is 4.79 Å². The first-order chi connectivity index (χ1) is 9.04. The molecule has 0 bridgehead atoms. The molecule has 114 valence electrons. The SMILES string of the molecule is CC(CN)C(=O)N1CCCC1c1noc(C(C)C)n1.Cl. The highest BCUT2D eigenvalue weighted by Gasteiger charge is 2.35. The van der Waals surface area contributed by atoms with Crippen LogP contribution in [0, 0.1) is 5.92 Å². The Kier molecular flexibility index (Phi) is 5.95. The van der Waals surface area contributed by atoms with Crippen LogP contribution in [0.25, 0.3) is 0 Å². The number of likely N-dealkylation sites (tertiary alicyclic amines) is 1. The zero-order chi connectivity index (χ0) is 14.0. The second-order valence-corrected chi connectivity index (χ2v) is 5.47. The molecule has 2 N–H and O–H groups in total. The lowest BCUT2D eigenvalue weighted by atomic mass is 10.1. The van der Waals surface area contributed by atoms with E-state index in [4.69, 9.17) is 10.3 Å². The van der Waals surface area contributed by atoms with Crippen LogP contribution >= 0.6 is 12.4 Å². The summed E-state index contributed by atoms with van der Waals surface area (Å²) < 4.78 is 5.23. The van der Waals surface area contributed by atoms with E-state index in [1.54, 1.807) is 0 Å². The van der Waals surface area contributed by atoms with Gasteiger partial charge in [-0.3, -0.25) is 4.79 Å². The van der Waals surface area contributed by atoms with Crippen molar-refractivity contribution < 1.29 is 9.32 Å². The summed E-state index contributed by atoms with van der Waals surface area (Å²) in [5.41, 5.74) is 5.57. The molecule has 0 spiro atoms. The molecule has 1 fully saturated rings. The molecule has 1 aliphatic heterocycles. The van der Waals surface area contributed by atoms with Gasteiger partial charge in [0.1, 0.15) is 0 Å². The zero-order valence-corrected chi connectivity index (χ0v) is 13.0. The first-order valence-electron chi connectivity index (χ1n) is 6.88. The lowest BCUT2D eigenvalue weighted by Crippen LogP contribution is -2.37. The monoisotopic (exact) mass is 302 g/mol. The van der Waals surface area contributed by atoms with E-state index in [-0.39, 0.29) is 36.2 Å². The van der Waals surface area contributed by atoms with Crippen molar-refractivity contribution in [3.05, 3.63) is 11.7 Å². The Bertz CT molecular complexity index is 449. The minimum atomic E-state index is -0.155. The molecule has 2 unspecified atom stereocenters. The van der Waals surface area contributed by atoms with Crippen molar-refractivity contribution in [1.82, 2.24) is 15.0 Å². The summed E-state index contributed by atoms with van der Waals surface area (Å²) in [4.78, 5) is 18.5. The topological polar surface area (TPSA) is 85.3 Å². The van der Waals surface area contributed by atoms with Crippen molar-refractivity contribution in [2.24, 2.45) is 11.7 Å². The van der Waals surface area contributed by atoms with E-state index in [1.165, 1.54) is 0 Å². The molecule has 2 heterocycles. The second-order valence-electron chi connectivity index (χ2n) is 5.47. The maximum atomic E-state index is 12.3. The van der Waals surface area contributed by atoms with Crippen molar-refractivity contribution in [1.29, 1.82) is 0 Å². The third kappa shape index (κ3) is 3.30. The molecule has 1 saturated heterocycles. The van der Waals surface area contributed by atoms with Gasteiger partial charge in [-0.1, -0.05) is 25.9 Å². The minimum Gasteiger partial charge on any atom is -0.339 e. The van der Waals surface area contributed by atoms with Gasteiger partial charge in [-0.25, -0.2) is 0 Å². The number of nitrogens with two attached hydrogens (primary N) is 1. The van der Waals surface area contributed by atoms with E-state index in [2.05, 4.69) is 10.1 Å². The number of carbonyl (C=O) groups is 1. The largest absolute Gasteiger partial charge is 0.339 e. The Morgan fingerprint density at radius 2 is 2.20 bits per heavy atom. The van der Waals surface area contributed by atoms with Crippen LogP contribution in [0.3, 0.4) is 0 Å². The first-order valence-corrected chi connectivity index (χ1v) is 6.88. The van der Waals surface area contributed by atoms with Crippen LogP contribution < -0.4 is 5.73 Å². The molecule has 2 atom stereocenters. The van der Waals surface area contributed by atoms with E-state index < -0.39 is 0 Å². The Morgan fingerprint density at radius 1 is 1.50 bits per heavy atom. The third-order valence-corrected chi connectivity index (χ3v) is 3.56. The molecule has 1 aliphatic rings. The number of nitrogens with zero attached hydrogens (tertiary/aromatic N) is 3. The fourth-order valence-electron chi connectivity index (χ4n) is 2.30. The summed E-state index contributed by atoms with van der Waals surface area (Å²) >= 11 is 0. The molecule has 1 aromatic rings. The molecule has 1 amide bonds. The molecule has 7 heteroatoms. The Labute approximate surface area is 125 Å². The van der Waals surface area contributed by atoms with E-state index in [0.29, 0.717) is 18.3 Å². The number of carbonyl (C=O) groups excluding carboxylic acids is 1. The average Bonchev–Trinajstić information content (AvgIpc) is 3.04. The maximum absolute atomic E-state index is 12.3. The fourth-order valence-corrected chi connectivity index (χ4v) is 2.30. The van der Waals surface area contributed by atoms with Gasteiger partial charge in [-0.15, -0.1) is 12.4 Å². The molecule has 0 radical (unpaired) electrons. The number of hydrogen-bond donors (Lipinski definition) is 1. The first kappa shape index (κ1) is 16.9. The van der Waals surface area contributed by atoms with Gasteiger partial charge in [0.25, 0.3) is 0 Å². The highest BCUT2D eigenvalue weighted by Crippen LogP contribution is 2.31. The van der Waals surface area contributed by atoms with Crippen molar-refractivity contribution in [2.75, 3.05) is 13.1 Å². The van der Waals surface area contributed by atoms with Gasteiger partial charge < -0.3 is 15.2 Å². The van der Waals surface area contributed by atoms with Crippen LogP contribution in [0.5, 0.6) is 0 Å². The molecule has 6 nitrogen and oxygen atoms in total. The summed E-state index contributed by atoms with van der Waals surface area (Å²) in [5.74, 6) is 1.38. The van der Waals surface area contributed by atoms with Gasteiger partial charge in [0, 0.05) is 24.9 Å². The van der Waals surface area contributed by atoms with E-state index in [1.807, 2.05) is 25.7 Å². The third-order valence-electron chi connectivity index (χ3n) is 3.56. The average molecular weight is 303 g/mol. The van der Waals surface area contributed by atoms with Crippen molar-refractivity contribution >= 4 is 18.3 Å². The fraction of sp³-hybridized carbons (Fsp3) is 0.769. The summed E-state index contributed by atoms with van der Waals surface area (Å²) in [7, 11) is 0. The molecular weight excluding hydrogens is 280 g/mol. The predicted molar refractivity (Wildman–Crippen MR) is 77.5 cm³/mol. The van der Waals surface area contributed by atoms with Crippen LogP contribution in [0.15, 0.2) is 4.52 Å². The number of aromatic nitrogens is 2. The van der Waals surface area contributed by atoms with Gasteiger partial charge >= 0.3 is 0 Å². The normalized spacial score (nSPS) is 20.1. The molecule has 2 rings (SSSR count). The second kappa shape index (κ2) is 7.04. The molecular formula is C13H23ClN4O2. The Hall–Kier alpha value is -1.14. The summed E-state index contributed by atoms with van der Waals surface area (Å²) in [6.45, 7) is 6.98. The molecule has 1 aromatic heterocycles. The molecule has 20 heavy (non-hydrogen) atoms. The van der Waals surface area contributed by atoms with Gasteiger partial charge in [0.2, 0.25) is 11.8 Å². The highest BCUT2D eigenvalue weighted by molar-refractivity contribution is 5.85. The summed E-state index contributed by atoms with van der Waals surface area (Å²) in [6, 6.07) is -0.0576. The Morgan fingerprint density at radius 3 is 2.75 bits per heavy atom. The Balaban J connectivity index is 0.00000200. The van der Waals surface area contributed by atoms with Crippen LogP contribution in [0.1, 0.15) is 57.3 Å². The zero-order valence-electron chi connectivity index (χ0n) is 12.2. The van der Waals surface area contributed by atoms with Crippen molar-refractivity contribution in [2.45, 2.75) is 45.6 Å². The minimum absolute atomic E-state index is 0. The van der Waals surface area contributed by atoms with Crippen LogP contribution in [0.2, 0.25) is 0 Å². The van der Waals surface area contributed by atoms with Gasteiger partial charge in [0.15, 0.2) is 5.82 Å². The van der Waals surface area contributed by atoms with Crippen molar-refractivity contribution in [3.63, 3.8) is 0 Å². The summed E-state index contributed by atoms with van der Waals surface area (Å²) in [5, 5.41) is 4.03. The molecule has 0 saturated carbocycles. The lowest BCUT2D eigenvalue weighted by Gasteiger charge is -2.24. The van der Waals surface area contributed by atoms with E-state index >= 15 is 0 Å². The summed E-state index contributed by atoms with van der Waals surface area (Å²) in [6.07, 6.45) is 1.86. The number of hydrogen-bond acceptors (Lipinski definition) is 5. The number of halogens is 1. The van der Waals surface area contributed by atoms with Gasteiger partial charge in [-0.2, -0.15) is 4.98 Å².